The monoisotopic (exact) mass is 272 g/mol. The molecular weight excluding hydrogens is 256 g/mol. The summed E-state index contributed by atoms with van der Waals surface area (Å²) in [5.74, 6) is 0.955. The second-order valence-electron chi connectivity index (χ2n) is 5.15. The van der Waals surface area contributed by atoms with Crippen molar-refractivity contribution < 1.29 is 14.3 Å². The fourth-order valence-electron chi connectivity index (χ4n) is 2.71. The third kappa shape index (κ3) is 2.42. The number of fused-ring (bicyclic) bond motifs is 1. The predicted molar refractivity (Wildman–Crippen MR) is 71.2 cm³/mol. The van der Waals surface area contributed by atoms with E-state index in [2.05, 4.69) is 11.4 Å². The molecule has 1 aliphatic heterocycles. The molecule has 1 fully saturated rings. The average molecular weight is 272 g/mol. The maximum atomic E-state index is 12.2. The van der Waals surface area contributed by atoms with Crippen LogP contribution in [0.1, 0.15) is 19.3 Å². The third-order valence-electron chi connectivity index (χ3n) is 3.81. The molecule has 1 aromatic rings. The number of rotatable bonds is 2. The van der Waals surface area contributed by atoms with Crippen LogP contribution in [0.15, 0.2) is 24.3 Å². The van der Waals surface area contributed by atoms with Crippen molar-refractivity contribution >= 4 is 5.91 Å². The highest BCUT2D eigenvalue weighted by atomic mass is 16.6. The molecule has 1 aliphatic carbocycles. The Kier molecular flexibility index (Phi) is 3.46. The van der Waals surface area contributed by atoms with E-state index in [-0.39, 0.29) is 24.5 Å². The van der Waals surface area contributed by atoms with Gasteiger partial charge in [0.05, 0.1) is 12.0 Å². The summed E-state index contributed by atoms with van der Waals surface area (Å²) < 4.78 is 11.2. The smallest absolute Gasteiger partial charge is 0.264 e. The van der Waals surface area contributed by atoms with Crippen molar-refractivity contribution in [1.29, 1.82) is 5.26 Å². The minimum atomic E-state index is -0.648. The Labute approximate surface area is 117 Å². The molecule has 2 aliphatic rings. The van der Waals surface area contributed by atoms with E-state index >= 15 is 0 Å². The van der Waals surface area contributed by atoms with Gasteiger partial charge in [0.1, 0.15) is 6.61 Å². The highest BCUT2D eigenvalue weighted by Gasteiger charge is 2.33. The fraction of sp³-hybridized carbons (Fsp3) is 0.467. The maximum absolute atomic E-state index is 12.2. The van der Waals surface area contributed by atoms with Gasteiger partial charge in [-0.15, -0.1) is 0 Å². The third-order valence-corrected chi connectivity index (χ3v) is 3.81. The highest BCUT2D eigenvalue weighted by Crippen LogP contribution is 2.31. The van der Waals surface area contributed by atoms with E-state index in [1.165, 1.54) is 0 Å². The summed E-state index contributed by atoms with van der Waals surface area (Å²) >= 11 is 0. The number of para-hydroxylation sites is 2. The first kappa shape index (κ1) is 12.8. The number of nitrogens with zero attached hydrogens (tertiary/aromatic N) is 1. The molecule has 1 aromatic carbocycles. The normalized spacial score (nSPS) is 27.6. The fourth-order valence-corrected chi connectivity index (χ4v) is 2.71. The summed E-state index contributed by atoms with van der Waals surface area (Å²) in [6.07, 6.45) is 2.04. The Morgan fingerprint density at radius 2 is 2.10 bits per heavy atom. The van der Waals surface area contributed by atoms with Gasteiger partial charge in [-0.25, -0.2) is 0 Å². The molecule has 104 valence electrons. The van der Waals surface area contributed by atoms with Gasteiger partial charge in [-0.2, -0.15) is 5.26 Å². The van der Waals surface area contributed by atoms with Crippen molar-refractivity contribution in [3.8, 4) is 17.6 Å². The van der Waals surface area contributed by atoms with Crippen LogP contribution in [-0.4, -0.2) is 24.7 Å². The number of ether oxygens (including phenoxy) is 2. The second-order valence-corrected chi connectivity index (χ2v) is 5.15. The lowest BCUT2D eigenvalue weighted by Gasteiger charge is -2.27. The molecule has 1 saturated carbocycles. The molecule has 0 aromatic heterocycles. The summed E-state index contributed by atoms with van der Waals surface area (Å²) in [6, 6.07) is 9.48. The Hall–Kier alpha value is -2.22. The first-order valence-electron chi connectivity index (χ1n) is 6.86. The zero-order chi connectivity index (χ0) is 13.9. The largest absolute Gasteiger partial charge is 0.485 e. The van der Waals surface area contributed by atoms with Crippen LogP contribution in [0.4, 0.5) is 0 Å². The predicted octanol–water partition coefficient (Wildman–Crippen LogP) is 1.63. The van der Waals surface area contributed by atoms with Gasteiger partial charge in [-0.05, 0) is 31.4 Å². The lowest BCUT2D eigenvalue weighted by molar-refractivity contribution is -0.131. The molecule has 5 nitrogen and oxygen atoms in total. The lowest BCUT2D eigenvalue weighted by Crippen LogP contribution is -2.48. The first-order valence-corrected chi connectivity index (χ1v) is 6.86. The summed E-state index contributed by atoms with van der Waals surface area (Å²) in [6.45, 7) is 0.201. The van der Waals surface area contributed by atoms with Gasteiger partial charge in [-0.3, -0.25) is 4.79 Å². The van der Waals surface area contributed by atoms with Crippen molar-refractivity contribution in [3.05, 3.63) is 24.3 Å². The number of hydrogen-bond acceptors (Lipinski definition) is 4. The minimum absolute atomic E-state index is 0.0618. The standard InChI is InChI=1S/C15H16N2O3/c16-8-10-4-3-5-11(10)17-15(18)14-9-19-12-6-1-2-7-13(12)20-14/h1-2,6-7,10-11,14H,3-5,9H2,(H,17,18). The van der Waals surface area contributed by atoms with Crippen molar-refractivity contribution in [2.24, 2.45) is 5.92 Å². The van der Waals surface area contributed by atoms with Gasteiger partial charge in [0.25, 0.3) is 5.91 Å². The molecule has 0 saturated heterocycles. The SMILES string of the molecule is N#CC1CCCC1NC(=O)C1COc2ccccc2O1. The van der Waals surface area contributed by atoms with E-state index in [1.54, 1.807) is 6.07 Å². The maximum Gasteiger partial charge on any atom is 0.264 e. The number of carbonyl (C=O) groups is 1. The molecule has 0 spiro atoms. The topological polar surface area (TPSA) is 71.4 Å². The zero-order valence-electron chi connectivity index (χ0n) is 11.0. The summed E-state index contributed by atoms with van der Waals surface area (Å²) in [5.41, 5.74) is 0. The van der Waals surface area contributed by atoms with E-state index in [9.17, 15) is 4.79 Å². The van der Waals surface area contributed by atoms with E-state index in [1.807, 2.05) is 18.2 Å². The van der Waals surface area contributed by atoms with Crippen LogP contribution in [-0.2, 0) is 4.79 Å². The van der Waals surface area contributed by atoms with Crippen molar-refractivity contribution in [1.82, 2.24) is 5.32 Å². The Morgan fingerprint density at radius 1 is 1.30 bits per heavy atom. The zero-order valence-corrected chi connectivity index (χ0v) is 11.0. The van der Waals surface area contributed by atoms with Gasteiger partial charge < -0.3 is 14.8 Å². The molecule has 1 heterocycles. The summed E-state index contributed by atoms with van der Waals surface area (Å²) in [4.78, 5) is 12.2. The van der Waals surface area contributed by atoms with Crippen LogP contribution < -0.4 is 14.8 Å². The van der Waals surface area contributed by atoms with Gasteiger partial charge in [-0.1, -0.05) is 12.1 Å². The van der Waals surface area contributed by atoms with Crippen LogP contribution >= 0.6 is 0 Å². The van der Waals surface area contributed by atoms with Crippen LogP contribution in [0.25, 0.3) is 0 Å². The first-order chi connectivity index (χ1) is 9.78. The summed E-state index contributed by atoms with van der Waals surface area (Å²) in [5, 5.41) is 11.9. The number of amides is 1. The van der Waals surface area contributed by atoms with E-state index in [0.29, 0.717) is 11.5 Å². The number of benzene rings is 1. The number of carbonyl (C=O) groups excluding carboxylic acids is 1. The van der Waals surface area contributed by atoms with E-state index in [4.69, 9.17) is 14.7 Å². The number of nitriles is 1. The van der Waals surface area contributed by atoms with Gasteiger partial charge >= 0.3 is 0 Å². The molecule has 5 heteroatoms. The molecule has 3 atom stereocenters. The van der Waals surface area contributed by atoms with Crippen LogP contribution in [0.5, 0.6) is 11.5 Å². The molecule has 0 radical (unpaired) electrons. The van der Waals surface area contributed by atoms with Gasteiger partial charge in [0, 0.05) is 6.04 Å². The summed E-state index contributed by atoms with van der Waals surface area (Å²) in [7, 11) is 0. The molecule has 20 heavy (non-hydrogen) atoms. The highest BCUT2D eigenvalue weighted by molar-refractivity contribution is 5.82. The van der Waals surface area contributed by atoms with Crippen molar-refractivity contribution in [2.75, 3.05) is 6.61 Å². The minimum Gasteiger partial charge on any atom is -0.485 e. The average Bonchev–Trinajstić information content (AvgIpc) is 2.94. The quantitative estimate of drug-likeness (QED) is 0.888. The van der Waals surface area contributed by atoms with Gasteiger partial charge in [0.15, 0.2) is 11.5 Å². The molecular formula is C15H16N2O3. The number of hydrogen-bond donors (Lipinski definition) is 1. The Balaban J connectivity index is 1.63. The van der Waals surface area contributed by atoms with Crippen molar-refractivity contribution in [3.63, 3.8) is 0 Å². The van der Waals surface area contributed by atoms with Crippen LogP contribution in [0.3, 0.4) is 0 Å². The Bertz CT molecular complexity index is 552. The van der Waals surface area contributed by atoms with E-state index < -0.39 is 6.10 Å². The molecule has 0 bridgehead atoms. The van der Waals surface area contributed by atoms with Gasteiger partial charge in [0.2, 0.25) is 6.10 Å². The van der Waals surface area contributed by atoms with Crippen LogP contribution in [0, 0.1) is 17.2 Å². The Morgan fingerprint density at radius 3 is 2.90 bits per heavy atom. The molecule has 3 unspecified atom stereocenters. The molecule has 3 rings (SSSR count). The second kappa shape index (κ2) is 5.41. The molecule has 1 amide bonds. The lowest BCUT2D eigenvalue weighted by atomic mass is 10.1. The van der Waals surface area contributed by atoms with E-state index in [0.717, 1.165) is 19.3 Å². The molecule has 1 N–H and O–H groups in total. The van der Waals surface area contributed by atoms with Crippen LogP contribution in [0.2, 0.25) is 0 Å². The number of nitrogens with one attached hydrogen (secondary N) is 1. The van der Waals surface area contributed by atoms with Crippen molar-refractivity contribution in [2.45, 2.75) is 31.4 Å².